The maximum Gasteiger partial charge on any atom is 0.255 e. The lowest BCUT2D eigenvalue weighted by Crippen LogP contribution is -2.64. The summed E-state index contributed by atoms with van der Waals surface area (Å²) in [7, 11) is 0. The number of aliphatic hydroxyl groups is 2. The Hall–Kier alpha value is -1.37. The number of hydrogen-bond donors (Lipinski definition) is 3. The Labute approximate surface area is 123 Å². The van der Waals surface area contributed by atoms with Gasteiger partial charge in [-0.25, -0.2) is 0 Å². The lowest BCUT2D eigenvalue weighted by Gasteiger charge is -2.51. The van der Waals surface area contributed by atoms with Crippen molar-refractivity contribution in [3.8, 4) is 0 Å². The van der Waals surface area contributed by atoms with Crippen LogP contribution in [0, 0.1) is 0 Å². The van der Waals surface area contributed by atoms with Crippen LogP contribution >= 0.6 is 0 Å². The van der Waals surface area contributed by atoms with Crippen molar-refractivity contribution < 1.29 is 19.7 Å². The molecule has 3 heterocycles. The van der Waals surface area contributed by atoms with E-state index in [1.807, 2.05) is 0 Å². The SMILES string of the molecule is C[C@@]1(O)CCOC2(CCN(C(=O)c3cc[nH]c3)CC2)[C@H]1O. The molecule has 3 N–H and O–H groups in total. The van der Waals surface area contributed by atoms with Crippen LogP contribution in [-0.2, 0) is 4.74 Å². The number of aliphatic hydroxyl groups excluding tert-OH is 1. The largest absolute Gasteiger partial charge is 0.387 e. The zero-order chi connectivity index (χ0) is 15.1. The van der Waals surface area contributed by atoms with Gasteiger partial charge in [0.25, 0.3) is 5.91 Å². The molecule has 116 valence electrons. The molecule has 0 saturated carbocycles. The van der Waals surface area contributed by atoms with Crippen LogP contribution in [0.4, 0.5) is 0 Å². The van der Waals surface area contributed by atoms with Crippen LogP contribution in [-0.4, -0.2) is 63.0 Å². The normalized spacial score (nSPS) is 32.3. The van der Waals surface area contributed by atoms with E-state index in [9.17, 15) is 15.0 Å². The fourth-order valence-electron chi connectivity index (χ4n) is 3.39. The number of nitrogens with zero attached hydrogens (tertiary/aromatic N) is 1. The van der Waals surface area contributed by atoms with Crippen molar-refractivity contribution in [2.45, 2.75) is 43.5 Å². The van der Waals surface area contributed by atoms with Gasteiger partial charge in [0.1, 0.15) is 11.7 Å². The van der Waals surface area contributed by atoms with E-state index >= 15 is 0 Å². The van der Waals surface area contributed by atoms with E-state index in [0.29, 0.717) is 44.5 Å². The van der Waals surface area contributed by atoms with Gasteiger partial charge in [-0.15, -0.1) is 0 Å². The maximum atomic E-state index is 12.3. The van der Waals surface area contributed by atoms with Crippen molar-refractivity contribution in [2.75, 3.05) is 19.7 Å². The number of carbonyl (C=O) groups excluding carboxylic acids is 1. The molecule has 6 heteroatoms. The van der Waals surface area contributed by atoms with Crippen molar-refractivity contribution in [1.82, 2.24) is 9.88 Å². The van der Waals surface area contributed by atoms with Crippen LogP contribution < -0.4 is 0 Å². The zero-order valence-corrected chi connectivity index (χ0v) is 12.2. The number of nitrogens with one attached hydrogen (secondary N) is 1. The maximum absolute atomic E-state index is 12.3. The second-order valence-corrected chi connectivity index (χ2v) is 6.31. The highest BCUT2D eigenvalue weighted by Gasteiger charge is 2.52. The summed E-state index contributed by atoms with van der Waals surface area (Å²) < 4.78 is 5.82. The van der Waals surface area contributed by atoms with Gasteiger partial charge in [-0.3, -0.25) is 4.79 Å². The molecule has 21 heavy (non-hydrogen) atoms. The monoisotopic (exact) mass is 294 g/mol. The molecule has 6 nitrogen and oxygen atoms in total. The molecule has 2 atom stereocenters. The fourth-order valence-corrected chi connectivity index (χ4v) is 3.39. The van der Waals surface area contributed by atoms with Crippen molar-refractivity contribution in [3.63, 3.8) is 0 Å². The molecule has 2 aliphatic heterocycles. The van der Waals surface area contributed by atoms with E-state index in [2.05, 4.69) is 4.98 Å². The van der Waals surface area contributed by atoms with Crippen LogP contribution in [0.1, 0.15) is 36.5 Å². The van der Waals surface area contributed by atoms with Crippen molar-refractivity contribution in [3.05, 3.63) is 24.0 Å². The number of aromatic amines is 1. The lowest BCUT2D eigenvalue weighted by atomic mass is 9.75. The average Bonchev–Trinajstić information content (AvgIpc) is 2.99. The minimum Gasteiger partial charge on any atom is -0.387 e. The summed E-state index contributed by atoms with van der Waals surface area (Å²) in [6.45, 7) is 3.14. The number of amides is 1. The van der Waals surface area contributed by atoms with Crippen LogP contribution in [0.25, 0.3) is 0 Å². The quantitative estimate of drug-likeness (QED) is 0.705. The predicted molar refractivity (Wildman–Crippen MR) is 75.9 cm³/mol. The minimum atomic E-state index is -1.12. The first-order valence-electron chi connectivity index (χ1n) is 7.41. The number of piperidine rings is 1. The summed E-state index contributed by atoms with van der Waals surface area (Å²) in [5, 5.41) is 20.7. The summed E-state index contributed by atoms with van der Waals surface area (Å²) in [6.07, 6.45) is 4.01. The highest BCUT2D eigenvalue weighted by molar-refractivity contribution is 5.94. The summed E-state index contributed by atoms with van der Waals surface area (Å²) >= 11 is 0. The Morgan fingerprint density at radius 3 is 2.76 bits per heavy atom. The van der Waals surface area contributed by atoms with E-state index in [0.717, 1.165) is 0 Å². The summed E-state index contributed by atoms with van der Waals surface area (Å²) in [5.74, 6) is -0.0110. The van der Waals surface area contributed by atoms with Gasteiger partial charge in [0.15, 0.2) is 0 Å². The molecule has 2 fully saturated rings. The lowest BCUT2D eigenvalue weighted by molar-refractivity contribution is -0.244. The molecule has 1 spiro atoms. The van der Waals surface area contributed by atoms with Gasteiger partial charge >= 0.3 is 0 Å². The highest BCUT2D eigenvalue weighted by atomic mass is 16.5. The number of carbonyl (C=O) groups is 1. The average molecular weight is 294 g/mol. The first-order chi connectivity index (χ1) is 9.95. The van der Waals surface area contributed by atoms with Crippen molar-refractivity contribution >= 4 is 5.91 Å². The molecule has 1 aromatic rings. The Balaban J connectivity index is 1.69. The number of hydrogen-bond acceptors (Lipinski definition) is 4. The topological polar surface area (TPSA) is 85.8 Å². The smallest absolute Gasteiger partial charge is 0.255 e. The minimum absolute atomic E-state index is 0.0110. The number of likely N-dealkylation sites (tertiary alicyclic amines) is 1. The standard InChI is InChI=1S/C15H22N2O4/c1-14(20)5-9-21-15(13(14)19)3-7-17(8-4-15)12(18)11-2-6-16-10-11/h2,6,10,13,16,19-20H,3-5,7-9H2,1H3/t13-,14+/m0/s1. The Bertz CT molecular complexity index is 504. The van der Waals surface area contributed by atoms with Gasteiger partial charge in [-0.05, 0) is 25.8 Å². The Kier molecular flexibility index (Phi) is 3.55. The van der Waals surface area contributed by atoms with Crippen LogP contribution in [0.15, 0.2) is 18.5 Å². The van der Waals surface area contributed by atoms with Crippen molar-refractivity contribution in [2.24, 2.45) is 0 Å². The third kappa shape index (κ3) is 2.47. The highest BCUT2D eigenvalue weighted by Crippen LogP contribution is 2.39. The molecule has 2 aliphatic rings. The number of ether oxygens (including phenoxy) is 1. The van der Waals surface area contributed by atoms with E-state index in [1.165, 1.54) is 0 Å². The first kappa shape index (κ1) is 14.6. The molecule has 2 saturated heterocycles. The van der Waals surface area contributed by atoms with E-state index in [-0.39, 0.29) is 5.91 Å². The third-order valence-corrected chi connectivity index (χ3v) is 4.83. The number of H-pyrrole nitrogens is 1. The Morgan fingerprint density at radius 1 is 1.43 bits per heavy atom. The van der Waals surface area contributed by atoms with Gasteiger partial charge in [0, 0.05) is 31.9 Å². The molecule has 1 aromatic heterocycles. The third-order valence-electron chi connectivity index (χ3n) is 4.83. The van der Waals surface area contributed by atoms with Crippen LogP contribution in [0.2, 0.25) is 0 Å². The molecule has 1 amide bonds. The molecule has 0 bridgehead atoms. The molecule has 3 rings (SSSR count). The zero-order valence-electron chi connectivity index (χ0n) is 12.2. The molecule has 0 aromatic carbocycles. The van der Waals surface area contributed by atoms with Crippen LogP contribution in [0.5, 0.6) is 0 Å². The van der Waals surface area contributed by atoms with E-state index in [1.54, 1.807) is 30.3 Å². The van der Waals surface area contributed by atoms with E-state index < -0.39 is 17.3 Å². The summed E-state index contributed by atoms with van der Waals surface area (Å²) in [5.41, 5.74) is -1.20. The summed E-state index contributed by atoms with van der Waals surface area (Å²) in [4.78, 5) is 16.9. The molecule has 0 aliphatic carbocycles. The second-order valence-electron chi connectivity index (χ2n) is 6.31. The van der Waals surface area contributed by atoms with Gasteiger partial charge in [-0.1, -0.05) is 0 Å². The van der Waals surface area contributed by atoms with Gasteiger partial charge in [-0.2, -0.15) is 0 Å². The molecular formula is C15H22N2O4. The first-order valence-corrected chi connectivity index (χ1v) is 7.41. The van der Waals surface area contributed by atoms with E-state index in [4.69, 9.17) is 4.74 Å². The predicted octanol–water partition coefficient (Wildman–Crippen LogP) is 0.522. The second kappa shape index (κ2) is 5.12. The molecular weight excluding hydrogens is 272 g/mol. The van der Waals surface area contributed by atoms with Crippen molar-refractivity contribution in [1.29, 1.82) is 0 Å². The Morgan fingerprint density at radius 2 is 2.14 bits per heavy atom. The summed E-state index contributed by atoms with van der Waals surface area (Å²) in [6, 6.07) is 1.75. The molecule has 0 radical (unpaired) electrons. The fraction of sp³-hybridized carbons (Fsp3) is 0.667. The molecule has 0 unspecified atom stereocenters. The van der Waals surface area contributed by atoms with Gasteiger partial charge < -0.3 is 24.8 Å². The van der Waals surface area contributed by atoms with Crippen LogP contribution in [0.3, 0.4) is 0 Å². The van der Waals surface area contributed by atoms with Gasteiger partial charge in [0.05, 0.1) is 17.8 Å². The number of aromatic nitrogens is 1. The number of rotatable bonds is 1. The van der Waals surface area contributed by atoms with Gasteiger partial charge in [0.2, 0.25) is 0 Å².